The molecule has 2 aliphatic rings. The van der Waals surface area contributed by atoms with Gasteiger partial charge < -0.3 is 5.32 Å². The van der Waals surface area contributed by atoms with E-state index in [1.54, 1.807) is 12.1 Å². The number of hydrogen-bond donors (Lipinski definition) is 1. The zero-order chi connectivity index (χ0) is 24.3. The Morgan fingerprint density at radius 2 is 1.59 bits per heavy atom. The average Bonchev–Trinajstić information content (AvgIpc) is 2.83. The van der Waals surface area contributed by atoms with Crippen molar-refractivity contribution < 1.29 is 13.2 Å². The molecule has 0 saturated carbocycles. The maximum Gasteiger partial charge on any atom is 0.243 e. The average molecular weight is 485 g/mol. The third kappa shape index (κ3) is 5.68. The Hall–Kier alpha value is -2.26. The molecular formula is C26H36N4O3S. The Balaban J connectivity index is 1.24. The van der Waals surface area contributed by atoms with Crippen LogP contribution in [0.15, 0.2) is 53.4 Å². The summed E-state index contributed by atoms with van der Waals surface area (Å²) < 4.78 is 27.3. The van der Waals surface area contributed by atoms with Gasteiger partial charge in [0.1, 0.15) is 0 Å². The lowest BCUT2D eigenvalue weighted by Gasteiger charge is -2.42. The molecule has 34 heavy (non-hydrogen) atoms. The third-order valence-electron chi connectivity index (χ3n) is 7.06. The lowest BCUT2D eigenvalue weighted by Crippen LogP contribution is -2.55. The van der Waals surface area contributed by atoms with Gasteiger partial charge in [-0.2, -0.15) is 4.31 Å². The summed E-state index contributed by atoms with van der Waals surface area (Å²) in [6, 6.07) is 15.5. The van der Waals surface area contributed by atoms with Crippen molar-refractivity contribution in [2.75, 3.05) is 45.8 Å². The number of rotatable bonds is 7. The van der Waals surface area contributed by atoms with Gasteiger partial charge in [0.15, 0.2) is 0 Å². The Labute approximate surface area is 203 Å². The summed E-state index contributed by atoms with van der Waals surface area (Å²) in [5, 5.41) is 3.11. The predicted molar refractivity (Wildman–Crippen MR) is 134 cm³/mol. The first-order valence-corrected chi connectivity index (χ1v) is 13.5. The van der Waals surface area contributed by atoms with Gasteiger partial charge in [0.25, 0.3) is 0 Å². The summed E-state index contributed by atoms with van der Waals surface area (Å²) in [5.41, 5.74) is 3.67. The van der Waals surface area contributed by atoms with Crippen molar-refractivity contribution in [2.45, 2.75) is 44.2 Å². The van der Waals surface area contributed by atoms with Gasteiger partial charge in [-0.15, -0.1) is 0 Å². The van der Waals surface area contributed by atoms with Crippen LogP contribution in [0.3, 0.4) is 0 Å². The molecule has 1 N–H and O–H groups in total. The lowest BCUT2D eigenvalue weighted by molar-refractivity contribution is -0.123. The molecule has 2 heterocycles. The maximum absolute atomic E-state index is 12.9. The number of fused-ring (bicyclic) bond motifs is 1. The monoisotopic (exact) mass is 484 g/mol. The van der Waals surface area contributed by atoms with Crippen LogP contribution in [0.5, 0.6) is 0 Å². The van der Waals surface area contributed by atoms with Crippen molar-refractivity contribution in [3.8, 4) is 0 Å². The quantitative estimate of drug-likeness (QED) is 0.653. The van der Waals surface area contributed by atoms with E-state index in [0.717, 1.165) is 25.1 Å². The van der Waals surface area contributed by atoms with Crippen LogP contribution < -0.4 is 5.32 Å². The highest BCUT2D eigenvalue weighted by Gasteiger charge is 2.31. The first-order chi connectivity index (χ1) is 16.1. The van der Waals surface area contributed by atoms with Gasteiger partial charge >= 0.3 is 0 Å². The highest BCUT2D eigenvalue weighted by molar-refractivity contribution is 7.89. The minimum Gasteiger partial charge on any atom is -0.353 e. The fourth-order valence-electron chi connectivity index (χ4n) is 4.69. The van der Waals surface area contributed by atoms with Crippen LogP contribution >= 0.6 is 0 Å². The molecule has 1 fully saturated rings. The number of nitrogens with zero attached hydrogens (tertiary/aromatic N) is 3. The van der Waals surface area contributed by atoms with E-state index in [9.17, 15) is 13.2 Å². The van der Waals surface area contributed by atoms with E-state index >= 15 is 0 Å². The van der Waals surface area contributed by atoms with Gasteiger partial charge in [-0.3, -0.25) is 14.6 Å². The Kier molecular flexibility index (Phi) is 7.42. The van der Waals surface area contributed by atoms with Gasteiger partial charge in [0.05, 0.1) is 11.4 Å². The minimum atomic E-state index is -3.49. The number of nitrogens with one attached hydrogen (secondary N) is 1. The Morgan fingerprint density at radius 3 is 2.26 bits per heavy atom. The van der Waals surface area contributed by atoms with Crippen molar-refractivity contribution in [1.82, 2.24) is 19.4 Å². The van der Waals surface area contributed by atoms with E-state index in [1.165, 1.54) is 15.4 Å². The second-order valence-electron chi connectivity index (χ2n) is 10.0. The molecule has 1 saturated heterocycles. The van der Waals surface area contributed by atoms with Crippen LogP contribution in [0.2, 0.25) is 0 Å². The van der Waals surface area contributed by atoms with Crippen LogP contribution in [-0.2, 0) is 27.8 Å². The minimum absolute atomic E-state index is 0.0136. The molecule has 0 atom stereocenters. The van der Waals surface area contributed by atoms with E-state index in [-0.39, 0.29) is 18.0 Å². The zero-order valence-electron chi connectivity index (χ0n) is 20.5. The highest BCUT2D eigenvalue weighted by atomic mass is 32.2. The van der Waals surface area contributed by atoms with E-state index in [1.807, 2.05) is 24.0 Å². The molecule has 0 bridgehead atoms. The number of benzene rings is 2. The molecule has 2 aliphatic heterocycles. The van der Waals surface area contributed by atoms with Gasteiger partial charge in [0.2, 0.25) is 15.9 Å². The van der Waals surface area contributed by atoms with Crippen molar-refractivity contribution in [1.29, 1.82) is 0 Å². The number of amides is 1. The van der Waals surface area contributed by atoms with Crippen molar-refractivity contribution in [2.24, 2.45) is 0 Å². The SMILES string of the molecule is Cc1ccc(S(=O)(=O)N2CCN(CC(=O)NCC(C)(C)N3CCc4ccccc4C3)CC2)cc1. The fourth-order valence-corrected chi connectivity index (χ4v) is 6.11. The third-order valence-corrected chi connectivity index (χ3v) is 8.97. The van der Waals surface area contributed by atoms with E-state index in [4.69, 9.17) is 0 Å². The van der Waals surface area contributed by atoms with Crippen molar-refractivity contribution >= 4 is 15.9 Å². The molecule has 2 aromatic rings. The summed E-state index contributed by atoms with van der Waals surface area (Å²) in [4.78, 5) is 17.5. The lowest BCUT2D eigenvalue weighted by atomic mass is 9.94. The van der Waals surface area contributed by atoms with Gasteiger partial charge in [-0.1, -0.05) is 42.0 Å². The smallest absolute Gasteiger partial charge is 0.243 e. The number of hydrogen-bond acceptors (Lipinski definition) is 5. The Morgan fingerprint density at radius 1 is 0.941 bits per heavy atom. The Bertz CT molecular complexity index is 1110. The van der Waals surface area contributed by atoms with Crippen LogP contribution in [0.4, 0.5) is 0 Å². The highest BCUT2D eigenvalue weighted by Crippen LogP contribution is 2.25. The summed E-state index contributed by atoms with van der Waals surface area (Å²) in [5.74, 6) is -0.0136. The molecule has 184 valence electrons. The standard InChI is InChI=1S/C26H36N4O3S/c1-21-8-10-24(11-9-21)34(32,33)30-16-14-28(15-17-30)19-25(31)27-20-26(2,3)29-13-12-22-6-4-5-7-23(22)18-29/h4-11H,12-20H2,1-3H3,(H,27,31). The predicted octanol–water partition coefficient (Wildman–Crippen LogP) is 2.25. The maximum atomic E-state index is 12.9. The molecule has 0 radical (unpaired) electrons. The largest absolute Gasteiger partial charge is 0.353 e. The molecule has 0 spiro atoms. The number of sulfonamides is 1. The van der Waals surface area contributed by atoms with Crippen LogP contribution in [0, 0.1) is 6.92 Å². The summed E-state index contributed by atoms with van der Waals surface area (Å²) in [7, 11) is -3.49. The summed E-state index contributed by atoms with van der Waals surface area (Å²) in [6.45, 7) is 10.9. The second-order valence-corrected chi connectivity index (χ2v) is 12.0. The van der Waals surface area contributed by atoms with Gasteiger partial charge in [-0.05, 0) is 50.5 Å². The van der Waals surface area contributed by atoms with Gasteiger partial charge in [-0.25, -0.2) is 8.42 Å². The number of carbonyl (C=O) groups is 1. The molecule has 0 aliphatic carbocycles. The topological polar surface area (TPSA) is 73.0 Å². The number of piperazine rings is 1. The van der Waals surface area contributed by atoms with Crippen molar-refractivity contribution in [3.05, 3.63) is 65.2 Å². The second kappa shape index (κ2) is 10.2. The van der Waals surface area contributed by atoms with Gasteiger partial charge in [0, 0.05) is 51.4 Å². The number of carbonyl (C=O) groups excluding carboxylic acids is 1. The zero-order valence-corrected chi connectivity index (χ0v) is 21.3. The molecule has 8 heteroatoms. The van der Waals surface area contributed by atoms with Crippen LogP contribution in [0.25, 0.3) is 0 Å². The molecule has 0 aromatic heterocycles. The molecule has 7 nitrogen and oxygen atoms in total. The van der Waals surface area contributed by atoms with Crippen LogP contribution in [-0.4, -0.2) is 79.8 Å². The first-order valence-electron chi connectivity index (χ1n) is 12.0. The molecule has 0 unspecified atom stereocenters. The van der Waals surface area contributed by atoms with E-state index in [2.05, 4.69) is 48.3 Å². The van der Waals surface area contributed by atoms with E-state index in [0.29, 0.717) is 37.6 Å². The molecule has 1 amide bonds. The van der Waals surface area contributed by atoms with Crippen molar-refractivity contribution in [3.63, 3.8) is 0 Å². The normalized spacial score (nSPS) is 18.4. The molecular weight excluding hydrogens is 448 g/mol. The number of aryl methyl sites for hydroxylation is 1. The fraction of sp³-hybridized carbons (Fsp3) is 0.500. The summed E-state index contributed by atoms with van der Waals surface area (Å²) >= 11 is 0. The van der Waals surface area contributed by atoms with E-state index < -0.39 is 10.0 Å². The van der Waals surface area contributed by atoms with Crippen LogP contribution in [0.1, 0.15) is 30.5 Å². The first kappa shape index (κ1) is 24.9. The summed E-state index contributed by atoms with van der Waals surface area (Å²) in [6.07, 6.45) is 1.03. The molecule has 2 aromatic carbocycles. The molecule has 4 rings (SSSR count).